The van der Waals surface area contributed by atoms with Crippen molar-refractivity contribution in [3.05, 3.63) is 48.5 Å². The molecule has 20 heavy (non-hydrogen) atoms. The second-order valence-electron chi connectivity index (χ2n) is 3.79. The van der Waals surface area contributed by atoms with Gasteiger partial charge in [0.15, 0.2) is 0 Å². The molecular weight excluding hydrogens is 280 g/mol. The summed E-state index contributed by atoms with van der Waals surface area (Å²) in [4.78, 5) is -0.183. The highest BCUT2D eigenvalue weighted by atomic mass is 32.2. The zero-order valence-electron chi connectivity index (χ0n) is 10.9. The van der Waals surface area contributed by atoms with Gasteiger partial charge in [0.2, 0.25) is 0 Å². The normalized spacial score (nSPS) is 10.3. The number of ether oxygens (including phenoxy) is 1. The van der Waals surface area contributed by atoms with E-state index >= 15 is 0 Å². The maximum Gasteiger partial charge on any atom is 0.294 e. The minimum atomic E-state index is -4.11. The topological polar surface area (TPSA) is 116 Å². The van der Waals surface area contributed by atoms with Gasteiger partial charge in [-0.25, -0.2) is 0 Å². The van der Waals surface area contributed by atoms with Crippen LogP contribution in [-0.2, 0) is 10.1 Å². The van der Waals surface area contributed by atoms with Crippen LogP contribution < -0.4 is 16.2 Å². The van der Waals surface area contributed by atoms with E-state index < -0.39 is 10.1 Å². The standard InChI is InChI=1S/C7H9NO.C6H7NO3S/c1-9-7-5-3-2-4-6(7)8;7-5-2-1-3-6(4-5)11(8,9)10/h2-5H,8H2,1H3;1-4H,7H2,(H,8,9,10). The van der Waals surface area contributed by atoms with Crippen LogP contribution in [0.2, 0.25) is 0 Å². The van der Waals surface area contributed by atoms with Crippen LogP contribution in [0.4, 0.5) is 11.4 Å². The fourth-order valence-corrected chi connectivity index (χ4v) is 1.88. The lowest BCUT2D eigenvalue weighted by molar-refractivity contribution is 0.417. The van der Waals surface area contributed by atoms with Gasteiger partial charge >= 0.3 is 0 Å². The Morgan fingerprint density at radius 1 is 1.05 bits per heavy atom. The highest BCUT2D eigenvalue weighted by molar-refractivity contribution is 7.85. The molecule has 0 aliphatic rings. The SMILES string of the molecule is COc1ccccc1N.Nc1cccc(S(=O)(=O)O)c1. The molecule has 0 unspecified atom stereocenters. The molecule has 0 atom stereocenters. The summed E-state index contributed by atoms with van der Waals surface area (Å²) in [5.41, 5.74) is 11.8. The summed E-state index contributed by atoms with van der Waals surface area (Å²) in [7, 11) is -2.50. The Morgan fingerprint density at radius 3 is 2.10 bits per heavy atom. The van der Waals surface area contributed by atoms with Crippen molar-refractivity contribution in [2.75, 3.05) is 18.6 Å². The van der Waals surface area contributed by atoms with E-state index in [9.17, 15) is 8.42 Å². The second-order valence-corrected chi connectivity index (χ2v) is 5.21. The average Bonchev–Trinajstić information content (AvgIpc) is 2.39. The van der Waals surface area contributed by atoms with E-state index in [0.717, 1.165) is 5.75 Å². The molecule has 0 fully saturated rings. The fourth-order valence-electron chi connectivity index (χ4n) is 1.34. The predicted molar refractivity (Wildman–Crippen MR) is 78.1 cm³/mol. The fraction of sp³-hybridized carbons (Fsp3) is 0.0769. The molecule has 0 amide bonds. The van der Waals surface area contributed by atoms with E-state index in [4.69, 9.17) is 20.8 Å². The van der Waals surface area contributed by atoms with Crippen molar-refractivity contribution < 1.29 is 17.7 Å². The van der Waals surface area contributed by atoms with Crippen molar-refractivity contribution >= 4 is 21.5 Å². The molecule has 0 bridgehead atoms. The van der Waals surface area contributed by atoms with Gasteiger partial charge in [-0.05, 0) is 30.3 Å². The van der Waals surface area contributed by atoms with Crippen LogP contribution >= 0.6 is 0 Å². The monoisotopic (exact) mass is 296 g/mol. The molecule has 0 heterocycles. The number of rotatable bonds is 2. The van der Waals surface area contributed by atoms with Gasteiger partial charge in [-0.2, -0.15) is 8.42 Å². The number of para-hydroxylation sites is 2. The number of nitrogen functional groups attached to an aromatic ring is 2. The lowest BCUT2D eigenvalue weighted by Crippen LogP contribution is -1.98. The molecule has 0 saturated carbocycles. The first kappa shape index (κ1) is 15.8. The molecule has 0 aromatic heterocycles. The Bertz CT molecular complexity index is 672. The van der Waals surface area contributed by atoms with Crippen LogP contribution in [0.15, 0.2) is 53.4 Å². The van der Waals surface area contributed by atoms with E-state index in [1.165, 1.54) is 24.3 Å². The van der Waals surface area contributed by atoms with Gasteiger partial charge in [0, 0.05) is 5.69 Å². The number of methoxy groups -OCH3 is 1. The molecule has 2 aromatic rings. The minimum absolute atomic E-state index is 0.183. The first-order valence-electron chi connectivity index (χ1n) is 5.56. The third-order valence-corrected chi connectivity index (χ3v) is 3.14. The number of benzene rings is 2. The Kier molecular flexibility index (Phi) is 5.36. The van der Waals surface area contributed by atoms with Crippen LogP contribution in [0.25, 0.3) is 0 Å². The largest absolute Gasteiger partial charge is 0.495 e. The number of anilines is 2. The van der Waals surface area contributed by atoms with E-state index in [-0.39, 0.29) is 4.90 Å². The van der Waals surface area contributed by atoms with Gasteiger partial charge in [0.05, 0.1) is 17.7 Å². The van der Waals surface area contributed by atoms with Gasteiger partial charge in [-0.15, -0.1) is 0 Å². The van der Waals surface area contributed by atoms with Crippen molar-refractivity contribution in [2.24, 2.45) is 0 Å². The molecule has 0 radical (unpaired) electrons. The van der Waals surface area contributed by atoms with E-state index in [1.807, 2.05) is 18.2 Å². The van der Waals surface area contributed by atoms with Crippen molar-refractivity contribution in [2.45, 2.75) is 4.90 Å². The molecule has 2 aromatic carbocycles. The van der Waals surface area contributed by atoms with Crippen LogP contribution in [0.1, 0.15) is 0 Å². The lowest BCUT2D eigenvalue weighted by Gasteiger charge is -2.00. The number of hydrogen-bond acceptors (Lipinski definition) is 5. The van der Waals surface area contributed by atoms with Gasteiger partial charge in [0.25, 0.3) is 10.1 Å². The van der Waals surface area contributed by atoms with E-state index in [0.29, 0.717) is 11.4 Å². The smallest absolute Gasteiger partial charge is 0.294 e. The second kappa shape index (κ2) is 6.78. The first-order valence-corrected chi connectivity index (χ1v) is 7.00. The zero-order valence-corrected chi connectivity index (χ0v) is 11.7. The molecule has 5 N–H and O–H groups in total. The molecular formula is C13H16N2O4S. The third kappa shape index (κ3) is 4.79. The van der Waals surface area contributed by atoms with Gasteiger partial charge in [0.1, 0.15) is 5.75 Å². The van der Waals surface area contributed by atoms with Crippen molar-refractivity contribution in [1.82, 2.24) is 0 Å². The molecule has 0 saturated heterocycles. The number of nitrogens with two attached hydrogens (primary N) is 2. The van der Waals surface area contributed by atoms with Crippen LogP contribution in [0.3, 0.4) is 0 Å². The van der Waals surface area contributed by atoms with Crippen LogP contribution in [-0.4, -0.2) is 20.1 Å². The summed E-state index contributed by atoms with van der Waals surface area (Å²) in [6, 6.07) is 12.8. The first-order chi connectivity index (χ1) is 9.34. The van der Waals surface area contributed by atoms with Gasteiger partial charge < -0.3 is 16.2 Å². The van der Waals surface area contributed by atoms with Crippen LogP contribution in [0.5, 0.6) is 5.75 Å². The highest BCUT2D eigenvalue weighted by Gasteiger charge is 2.07. The van der Waals surface area contributed by atoms with E-state index in [1.54, 1.807) is 13.2 Å². The summed E-state index contributed by atoms with van der Waals surface area (Å²) < 4.78 is 34.4. The summed E-state index contributed by atoms with van der Waals surface area (Å²) in [6.07, 6.45) is 0. The number of hydrogen-bond donors (Lipinski definition) is 3. The molecule has 7 heteroatoms. The van der Waals surface area contributed by atoms with Crippen molar-refractivity contribution in [3.8, 4) is 5.75 Å². The summed E-state index contributed by atoms with van der Waals surface area (Å²) in [5, 5.41) is 0. The Morgan fingerprint density at radius 2 is 1.70 bits per heavy atom. The maximum absolute atomic E-state index is 10.5. The van der Waals surface area contributed by atoms with Crippen molar-refractivity contribution in [3.63, 3.8) is 0 Å². The third-order valence-electron chi connectivity index (χ3n) is 2.29. The predicted octanol–water partition coefficient (Wildman–Crippen LogP) is 1.79. The van der Waals surface area contributed by atoms with Crippen LogP contribution in [0, 0.1) is 0 Å². The molecule has 0 spiro atoms. The molecule has 2 rings (SSSR count). The summed E-state index contributed by atoms with van der Waals surface area (Å²) in [5.74, 6) is 0.734. The van der Waals surface area contributed by atoms with Gasteiger partial charge in [-0.1, -0.05) is 18.2 Å². The lowest BCUT2D eigenvalue weighted by atomic mass is 10.3. The summed E-state index contributed by atoms with van der Waals surface area (Å²) in [6.45, 7) is 0. The highest BCUT2D eigenvalue weighted by Crippen LogP contribution is 2.18. The maximum atomic E-state index is 10.5. The Hall–Kier alpha value is -2.25. The molecule has 0 aliphatic heterocycles. The summed E-state index contributed by atoms with van der Waals surface area (Å²) >= 11 is 0. The minimum Gasteiger partial charge on any atom is -0.495 e. The molecule has 0 aliphatic carbocycles. The van der Waals surface area contributed by atoms with Gasteiger partial charge in [-0.3, -0.25) is 4.55 Å². The zero-order chi connectivity index (χ0) is 15.2. The molecule has 6 nitrogen and oxygen atoms in total. The Labute approximate surface area is 117 Å². The van der Waals surface area contributed by atoms with Crippen molar-refractivity contribution in [1.29, 1.82) is 0 Å². The Balaban J connectivity index is 0.000000204. The van der Waals surface area contributed by atoms with E-state index in [2.05, 4.69) is 0 Å². The quantitative estimate of drug-likeness (QED) is 0.575. The molecule has 108 valence electrons. The average molecular weight is 296 g/mol.